The summed E-state index contributed by atoms with van der Waals surface area (Å²) in [6, 6.07) is 7.34. The van der Waals surface area contributed by atoms with Gasteiger partial charge in [-0.05, 0) is 6.07 Å². The number of rotatable bonds is 5. The van der Waals surface area contributed by atoms with Gasteiger partial charge >= 0.3 is 6.09 Å². The molecule has 0 saturated heterocycles. The average molecular weight is 235 g/mol. The molecule has 0 fully saturated rings. The molecule has 1 atom stereocenters. The van der Waals surface area contributed by atoms with Crippen molar-refractivity contribution < 1.29 is 14.3 Å². The van der Waals surface area contributed by atoms with Crippen molar-refractivity contribution in [2.45, 2.75) is 5.92 Å². The second-order valence-corrected chi connectivity index (χ2v) is 3.47. The quantitative estimate of drug-likeness (QED) is 0.797. The Morgan fingerprint density at radius 3 is 2.82 bits per heavy atom. The molecular formula is C13H17NO3. The second kappa shape index (κ2) is 6.70. The van der Waals surface area contributed by atoms with Gasteiger partial charge in [0.1, 0.15) is 5.75 Å². The van der Waals surface area contributed by atoms with E-state index in [9.17, 15) is 4.79 Å². The number of ether oxygens (including phenoxy) is 2. The molecule has 4 nitrogen and oxygen atoms in total. The summed E-state index contributed by atoms with van der Waals surface area (Å²) >= 11 is 0. The molecule has 1 aromatic carbocycles. The van der Waals surface area contributed by atoms with E-state index < -0.39 is 6.09 Å². The number of methoxy groups -OCH3 is 1. The minimum absolute atomic E-state index is 0.000793. The molecular weight excluding hydrogens is 218 g/mol. The lowest BCUT2D eigenvalue weighted by Crippen LogP contribution is -2.23. The van der Waals surface area contributed by atoms with Crippen LogP contribution in [0.15, 0.2) is 36.9 Å². The SMILES string of the molecule is C=CC(COC)c1ccccc1OC(=O)NC. The van der Waals surface area contributed by atoms with E-state index in [4.69, 9.17) is 9.47 Å². The van der Waals surface area contributed by atoms with Crippen molar-refractivity contribution in [2.24, 2.45) is 0 Å². The Hall–Kier alpha value is -1.81. The van der Waals surface area contributed by atoms with Crippen molar-refractivity contribution in [1.82, 2.24) is 5.32 Å². The summed E-state index contributed by atoms with van der Waals surface area (Å²) in [4.78, 5) is 11.2. The minimum Gasteiger partial charge on any atom is -0.410 e. The van der Waals surface area contributed by atoms with Crippen molar-refractivity contribution in [3.63, 3.8) is 0 Å². The third-order valence-electron chi connectivity index (χ3n) is 2.36. The van der Waals surface area contributed by atoms with Gasteiger partial charge < -0.3 is 14.8 Å². The summed E-state index contributed by atoms with van der Waals surface area (Å²) < 4.78 is 10.3. The lowest BCUT2D eigenvalue weighted by atomic mass is 9.99. The van der Waals surface area contributed by atoms with Crippen LogP contribution in [0.1, 0.15) is 11.5 Å². The molecule has 0 spiro atoms. The standard InChI is InChI=1S/C13H17NO3/c1-4-10(9-16-3)11-7-5-6-8-12(11)17-13(15)14-2/h4-8,10H,1,9H2,2-3H3,(H,14,15). The first-order valence-electron chi connectivity index (χ1n) is 5.33. The van der Waals surface area contributed by atoms with Gasteiger partial charge in [0, 0.05) is 25.6 Å². The topological polar surface area (TPSA) is 47.6 Å². The van der Waals surface area contributed by atoms with Crippen LogP contribution in [0.4, 0.5) is 4.79 Å². The second-order valence-electron chi connectivity index (χ2n) is 3.47. The smallest absolute Gasteiger partial charge is 0.410 e. The molecule has 1 rings (SSSR count). The summed E-state index contributed by atoms with van der Waals surface area (Å²) in [5.41, 5.74) is 0.882. The van der Waals surface area contributed by atoms with E-state index in [1.54, 1.807) is 19.3 Å². The Morgan fingerprint density at radius 1 is 1.53 bits per heavy atom. The highest BCUT2D eigenvalue weighted by Gasteiger charge is 2.14. The zero-order valence-electron chi connectivity index (χ0n) is 10.1. The maximum absolute atomic E-state index is 11.2. The Bertz CT molecular complexity index is 390. The Morgan fingerprint density at radius 2 is 2.24 bits per heavy atom. The Kier molecular flexibility index (Phi) is 5.23. The first-order chi connectivity index (χ1) is 8.22. The van der Waals surface area contributed by atoms with Crippen LogP contribution in [0.2, 0.25) is 0 Å². The van der Waals surface area contributed by atoms with Crippen molar-refractivity contribution in [2.75, 3.05) is 20.8 Å². The fraction of sp³-hybridized carbons (Fsp3) is 0.308. The predicted octanol–water partition coefficient (Wildman–Crippen LogP) is 2.32. The lowest BCUT2D eigenvalue weighted by Gasteiger charge is -2.15. The van der Waals surface area contributed by atoms with Gasteiger partial charge in [-0.2, -0.15) is 0 Å². The summed E-state index contributed by atoms with van der Waals surface area (Å²) in [6.07, 6.45) is 1.29. The maximum Gasteiger partial charge on any atom is 0.412 e. The van der Waals surface area contributed by atoms with E-state index in [1.165, 1.54) is 7.05 Å². The van der Waals surface area contributed by atoms with Crippen LogP contribution in [0.25, 0.3) is 0 Å². The molecule has 0 saturated carbocycles. The van der Waals surface area contributed by atoms with Crippen LogP contribution in [-0.4, -0.2) is 26.9 Å². The van der Waals surface area contributed by atoms with Gasteiger partial charge in [-0.1, -0.05) is 24.3 Å². The predicted molar refractivity (Wildman–Crippen MR) is 66.3 cm³/mol. The molecule has 4 heteroatoms. The summed E-state index contributed by atoms with van der Waals surface area (Å²) in [5.74, 6) is 0.523. The van der Waals surface area contributed by atoms with Crippen molar-refractivity contribution in [3.8, 4) is 5.75 Å². The van der Waals surface area contributed by atoms with E-state index in [1.807, 2.05) is 18.2 Å². The third-order valence-corrected chi connectivity index (χ3v) is 2.36. The molecule has 0 aliphatic heterocycles. The van der Waals surface area contributed by atoms with Crippen LogP contribution < -0.4 is 10.1 Å². The third kappa shape index (κ3) is 3.60. The zero-order chi connectivity index (χ0) is 12.7. The van der Waals surface area contributed by atoms with Gasteiger partial charge in [0.15, 0.2) is 0 Å². The molecule has 0 aromatic heterocycles. The van der Waals surface area contributed by atoms with Crippen LogP contribution in [-0.2, 0) is 4.74 Å². The molecule has 1 amide bonds. The van der Waals surface area contributed by atoms with Crippen LogP contribution in [0.3, 0.4) is 0 Å². The Labute approximate surface area is 101 Å². The number of hydrogen-bond acceptors (Lipinski definition) is 3. The van der Waals surface area contributed by atoms with E-state index in [2.05, 4.69) is 11.9 Å². The van der Waals surface area contributed by atoms with Gasteiger partial charge in [0.2, 0.25) is 0 Å². The van der Waals surface area contributed by atoms with Crippen LogP contribution >= 0.6 is 0 Å². The van der Waals surface area contributed by atoms with E-state index in [0.29, 0.717) is 12.4 Å². The number of carbonyl (C=O) groups is 1. The van der Waals surface area contributed by atoms with Crippen LogP contribution in [0, 0.1) is 0 Å². The first kappa shape index (κ1) is 13.3. The molecule has 92 valence electrons. The molecule has 17 heavy (non-hydrogen) atoms. The van der Waals surface area contributed by atoms with Crippen molar-refractivity contribution in [1.29, 1.82) is 0 Å². The van der Waals surface area contributed by atoms with E-state index >= 15 is 0 Å². The maximum atomic E-state index is 11.2. The van der Waals surface area contributed by atoms with Crippen LogP contribution in [0.5, 0.6) is 5.75 Å². The summed E-state index contributed by atoms with van der Waals surface area (Å²) in [5, 5.41) is 2.41. The average Bonchev–Trinajstić information content (AvgIpc) is 2.36. The fourth-order valence-electron chi connectivity index (χ4n) is 1.50. The van der Waals surface area contributed by atoms with Gasteiger partial charge in [-0.3, -0.25) is 0 Å². The Balaban J connectivity index is 2.97. The zero-order valence-corrected chi connectivity index (χ0v) is 10.1. The molecule has 1 aromatic rings. The highest BCUT2D eigenvalue weighted by atomic mass is 16.6. The van der Waals surface area contributed by atoms with E-state index in [0.717, 1.165) is 5.56 Å². The normalized spacial score (nSPS) is 11.6. The molecule has 0 heterocycles. The molecule has 1 N–H and O–H groups in total. The molecule has 0 aliphatic carbocycles. The van der Waals surface area contributed by atoms with Gasteiger partial charge in [0.25, 0.3) is 0 Å². The minimum atomic E-state index is -0.488. The van der Waals surface area contributed by atoms with E-state index in [-0.39, 0.29) is 5.92 Å². The number of nitrogens with one attached hydrogen (secondary N) is 1. The highest BCUT2D eigenvalue weighted by molar-refractivity contribution is 5.70. The number of carbonyl (C=O) groups excluding carboxylic acids is 1. The molecule has 1 unspecified atom stereocenters. The molecule has 0 bridgehead atoms. The first-order valence-corrected chi connectivity index (χ1v) is 5.33. The largest absolute Gasteiger partial charge is 0.412 e. The number of benzene rings is 1. The summed E-state index contributed by atoms with van der Waals surface area (Å²) in [7, 11) is 3.14. The highest BCUT2D eigenvalue weighted by Crippen LogP contribution is 2.27. The molecule has 0 aliphatic rings. The fourth-order valence-corrected chi connectivity index (χ4v) is 1.50. The van der Waals surface area contributed by atoms with Gasteiger partial charge in [-0.15, -0.1) is 6.58 Å². The summed E-state index contributed by atoms with van der Waals surface area (Å²) in [6.45, 7) is 4.26. The number of para-hydroxylation sites is 1. The number of hydrogen-bond donors (Lipinski definition) is 1. The van der Waals surface area contributed by atoms with Crippen molar-refractivity contribution >= 4 is 6.09 Å². The van der Waals surface area contributed by atoms with Gasteiger partial charge in [0.05, 0.1) is 6.61 Å². The van der Waals surface area contributed by atoms with Crippen molar-refractivity contribution in [3.05, 3.63) is 42.5 Å². The lowest BCUT2D eigenvalue weighted by molar-refractivity contribution is 0.187. The number of amides is 1. The monoisotopic (exact) mass is 235 g/mol. The van der Waals surface area contributed by atoms with Gasteiger partial charge in [-0.25, -0.2) is 4.79 Å². The molecule has 0 radical (unpaired) electrons.